The molecule has 0 aromatic carbocycles. The molecule has 108 valence electrons. The first-order valence-electron chi connectivity index (χ1n) is 7.33. The molecule has 1 unspecified atom stereocenters. The quantitative estimate of drug-likeness (QED) is 0.871. The molecule has 0 amide bonds. The first-order chi connectivity index (χ1) is 9.17. The summed E-state index contributed by atoms with van der Waals surface area (Å²) in [5, 5.41) is 8.80. The second-order valence-corrected chi connectivity index (χ2v) is 5.61. The molecule has 1 atom stereocenters. The van der Waals surface area contributed by atoms with Gasteiger partial charge in [-0.1, -0.05) is 18.5 Å². The summed E-state index contributed by atoms with van der Waals surface area (Å²) >= 11 is 6.40. The Morgan fingerprint density at radius 3 is 2.89 bits per heavy atom. The number of aromatic nitrogens is 2. The van der Waals surface area contributed by atoms with E-state index in [9.17, 15) is 0 Å². The van der Waals surface area contributed by atoms with E-state index < -0.39 is 0 Å². The summed E-state index contributed by atoms with van der Waals surface area (Å²) in [4.78, 5) is 2.54. The summed E-state index contributed by atoms with van der Waals surface area (Å²) < 4.78 is 2.04. The zero-order valence-electron chi connectivity index (χ0n) is 12.2. The molecule has 0 saturated carbocycles. The Morgan fingerprint density at radius 2 is 2.21 bits per heavy atom. The van der Waals surface area contributed by atoms with Gasteiger partial charge in [-0.3, -0.25) is 9.58 Å². The van der Waals surface area contributed by atoms with E-state index in [1.54, 1.807) is 0 Å². The number of nitrogens with one attached hydrogen (secondary N) is 1. The maximum atomic E-state index is 6.40. The highest BCUT2D eigenvalue weighted by molar-refractivity contribution is 6.31. The molecule has 4 nitrogen and oxygen atoms in total. The van der Waals surface area contributed by atoms with Crippen LogP contribution in [0.25, 0.3) is 0 Å². The highest BCUT2D eigenvalue weighted by atomic mass is 35.5. The van der Waals surface area contributed by atoms with Crippen molar-refractivity contribution in [2.45, 2.75) is 52.7 Å². The second kappa shape index (κ2) is 6.73. The van der Waals surface area contributed by atoms with Gasteiger partial charge in [-0.05, 0) is 39.8 Å². The lowest BCUT2D eigenvalue weighted by Gasteiger charge is -2.25. The van der Waals surface area contributed by atoms with Crippen molar-refractivity contribution >= 4 is 11.6 Å². The Kier molecular flexibility index (Phi) is 5.25. The van der Waals surface area contributed by atoms with Gasteiger partial charge in [0.2, 0.25) is 0 Å². The van der Waals surface area contributed by atoms with Crippen molar-refractivity contribution in [2.24, 2.45) is 0 Å². The minimum Gasteiger partial charge on any atom is -0.315 e. The molecule has 1 fully saturated rings. The van der Waals surface area contributed by atoms with Crippen molar-refractivity contribution in [3.05, 3.63) is 16.4 Å². The Balaban J connectivity index is 2.07. The number of likely N-dealkylation sites (tertiary alicyclic amines) is 1. The van der Waals surface area contributed by atoms with Gasteiger partial charge in [0, 0.05) is 25.7 Å². The van der Waals surface area contributed by atoms with E-state index in [1.807, 2.05) is 11.6 Å². The molecule has 0 radical (unpaired) electrons. The lowest BCUT2D eigenvalue weighted by atomic mass is 10.2. The summed E-state index contributed by atoms with van der Waals surface area (Å²) in [6, 6.07) is 0.636. The Labute approximate surface area is 121 Å². The highest BCUT2D eigenvalue weighted by Crippen LogP contribution is 2.25. The summed E-state index contributed by atoms with van der Waals surface area (Å²) in [6.45, 7) is 11.3. The number of halogens is 1. The van der Waals surface area contributed by atoms with Gasteiger partial charge >= 0.3 is 0 Å². The van der Waals surface area contributed by atoms with Crippen LogP contribution >= 0.6 is 11.6 Å². The summed E-state index contributed by atoms with van der Waals surface area (Å²) in [6.07, 6.45) is 2.57. The molecule has 2 heterocycles. The van der Waals surface area contributed by atoms with Gasteiger partial charge < -0.3 is 5.32 Å². The van der Waals surface area contributed by atoms with Gasteiger partial charge in [-0.25, -0.2) is 0 Å². The summed E-state index contributed by atoms with van der Waals surface area (Å²) in [5.41, 5.74) is 2.12. The van der Waals surface area contributed by atoms with Crippen LogP contribution in [0.3, 0.4) is 0 Å². The molecule has 1 aliphatic heterocycles. The van der Waals surface area contributed by atoms with E-state index in [1.165, 1.54) is 25.1 Å². The smallest absolute Gasteiger partial charge is 0.0860 e. The predicted molar refractivity (Wildman–Crippen MR) is 79.6 cm³/mol. The minimum absolute atomic E-state index is 0.636. The second-order valence-electron chi connectivity index (χ2n) is 5.24. The number of rotatable bonds is 6. The monoisotopic (exact) mass is 284 g/mol. The largest absolute Gasteiger partial charge is 0.315 e. The molecule has 1 saturated heterocycles. The molecular formula is C14H25ClN4. The first kappa shape index (κ1) is 14.8. The van der Waals surface area contributed by atoms with Gasteiger partial charge in [0.25, 0.3) is 0 Å². The molecule has 0 spiro atoms. The Hall–Kier alpha value is -0.580. The van der Waals surface area contributed by atoms with E-state index >= 15 is 0 Å². The molecular weight excluding hydrogens is 260 g/mol. The molecule has 1 aromatic heterocycles. The number of likely N-dealkylation sites (N-methyl/N-ethyl adjacent to an activating group) is 1. The molecule has 19 heavy (non-hydrogen) atoms. The van der Waals surface area contributed by atoms with Crippen LogP contribution in [0.15, 0.2) is 0 Å². The maximum absolute atomic E-state index is 6.40. The standard InChI is InChI=1S/C14H25ClN4/c1-4-16-9-12-7-6-8-18(12)10-13-14(15)11(3)17-19(13)5-2/h12,16H,4-10H2,1-3H3. The fraction of sp³-hybridized carbons (Fsp3) is 0.786. The third kappa shape index (κ3) is 3.30. The summed E-state index contributed by atoms with van der Waals surface area (Å²) in [5.74, 6) is 0. The average molecular weight is 285 g/mol. The van der Waals surface area contributed by atoms with Crippen molar-refractivity contribution in [2.75, 3.05) is 19.6 Å². The van der Waals surface area contributed by atoms with Gasteiger partial charge in [-0.2, -0.15) is 5.10 Å². The molecule has 2 rings (SSSR count). The van der Waals surface area contributed by atoms with Crippen LogP contribution < -0.4 is 5.32 Å². The van der Waals surface area contributed by atoms with E-state index in [2.05, 4.69) is 29.2 Å². The molecule has 5 heteroatoms. The molecule has 1 N–H and O–H groups in total. The van der Waals surface area contributed by atoms with Crippen LogP contribution in [0.1, 0.15) is 38.1 Å². The van der Waals surface area contributed by atoms with Crippen LogP contribution in [-0.4, -0.2) is 40.4 Å². The van der Waals surface area contributed by atoms with Crippen molar-refractivity contribution in [3.63, 3.8) is 0 Å². The Bertz CT molecular complexity index is 416. The van der Waals surface area contributed by atoms with E-state index in [0.29, 0.717) is 6.04 Å². The molecule has 1 aliphatic rings. The zero-order chi connectivity index (χ0) is 13.8. The third-order valence-corrected chi connectivity index (χ3v) is 4.43. The third-order valence-electron chi connectivity index (χ3n) is 3.93. The number of nitrogens with zero attached hydrogens (tertiary/aromatic N) is 3. The van der Waals surface area contributed by atoms with Crippen LogP contribution in [0.5, 0.6) is 0 Å². The van der Waals surface area contributed by atoms with Gasteiger partial charge in [0.1, 0.15) is 0 Å². The minimum atomic E-state index is 0.636. The van der Waals surface area contributed by atoms with E-state index in [4.69, 9.17) is 11.6 Å². The topological polar surface area (TPSA) is 33.1 Å². The fourth-order valence-electron chi connectivity index (χ4n) is 2.86. The van der Waals surface area contributed by atoms with E-state index in [-0.39, 0.29) is 0 Å². The van der Waals surface area contributed by atoms with Gasteiger partial charge in [0.15, 0.2) is 0 Å². The molecule has 0 bridgehead atoms. The lowest BCUT2D eigenvalue weighted by molar-refractivity contribution is 0.233. The van der Waals surface area contributed by atoms with Gasteiger partial charge in [-0.15, -0.1) is 0 Å². The van der Waals surface area contributed by atoms with Crippen LogP contribution in [-0.2, 0) is 13.1 Å². The average Bonchev–Trinajstić information content (AvgIpc) is 2.96. The first-order valence-corrected chi connectivity index (χ1v) is 7.71. The van der Waals surface area contributed by atoms with Crippen molar-refractivity contribution < 1.29 is 0 Å². The zero-order valence-corrected chi connectivity index (χ0v) is 13.0. The van der Waals surface area contributed by atoms with Crippen LogP contribution in [0.4, 0.5) is 0 Å². The van der Waals surface area contributed by atoms with Crippen molar-refractivity contribution in [1.29, 1.82) is 0 Å². The van der Waals surface area contributed by atoms with Crippen LogP contribution in [0.2, 0.25) is 5.02 Å². The lowest BCUT2D eigenvalue weighted by Crippen LogP contribution is -2.38. The number of hydrogen-bond donors (Lipinski definition) is 1. The van der Waals surface area contributed by atoms with Crippen LogP contribution in [0, 0.1) is 6.92 Å². The fourth-order valence-corrected chi connectivity index (χ4v) is 3.05. The number of hydrogen-bond acceptors (Lipinski definition) is 3. The van der Waals surface area contributed by atoms with E-state index in [0.717, 1.165) is 36.9 Å². The number of aryl methyl sites for hydroxylation is 2. The predicted octanol–water partition coefficient (Wildman–Crippen LogP) is 2.44. The summed E-state index contributed by atoms with van der Waals surface area (Å²) in [7, 11) is 0. The molecule has 1 aromatic rings. The van der Waals surface area contributed by atoms with Crippen molar-refractivity contribution in [1.82, 2.24) is 20.0 Å². The molecule has 0 aliphatic carbocycles. The van der Waals surface area contributed by atoms with Crippen molar-refractivity contribution in [3.8, 4) is 0 Å². The van der Waals surface area contributed by atoms with Gasteiger partial charge in [0.05, 0.1) is 16.4 Å². The normalized spacial score (nSPS) is 20.3. The Morgan fingerprint density at radius 1 is 1.42 bits per heavy atom. The maximum Gasteiger partial charge on any atom is 0.0860 e. The highest BCUT2D eigenvalue weighted by Gasteiger charge is 2.26. The SMILES string of the molecule is CCNCC1CCCN1Cc1c(Cl)c(C)nn1CC.